The summed E-state index contributed by atoms with van der Waals surface area (Å²) >= 11 is 0. The second kappa shape index (κ2) is 28.0. The molecule has 0 aliphatic carbocycles. The molecule has 9 nitrogen and oxygen atoms in total. The third kappa shape index (κ3) is 20.0. The highest BCUT2D eigenvalue weighted by Gasteiger charge is 2.44. The highest BCUT2D eigenvalue weighted by molar-refractivity contribution is 5.76. The first-order chi connectivity index (χ1) is 21.8. The van der Waals surface area contributed by atoms with Crippen LogP contribution in [0.5, 0.6) is 0 Å². The van der Waals surface area contributed by atoms with E-state index in [0.29, 0.717) is 6.42 Å². The molecule has 1 rings (SSSR count). The van der Waals surface area contributed by atoms with Crippen molar-refractivity contribution >= 4 is 5.91 Å². The zero-order chi connectivity index (χ0) is 33.1. The molecule has 2 unspecified atom stereocenters. The molecule has 0 aromatic heterocycles. The number of carbonyl (C=O) groups excluding carboxylic acids is 1. The Kier molecular flexibility index (Phi) is 26.1. The Hall–Kier alpha value is -1.07. The van der Waals surface area contributed by atoms with E-state index >= 15 is 0 Å². The number of nitrogens with one attached hydrogen (secondary N) is 1. The van der Waals surface area contributed by atoms with E-state index in [9.17, 15) is 30.3 Å². The summed E-state index contributed by atoms with van der Waals surface area (Å²) in [5.41, 5.74) is 0. The van der Waals surface area contributed by atoms with Gasteiger partial charge in [-0.2, -0.15) is 0 Å². The predicted octanol–water partition coefficient (Wildman–Crippen LogP) is 5.83. The molecule has 1 amide bonds. The van der Waals surface area contributed by atoms with Gasteiger partial charge < -0.3 is 40.3 Å². The fourth-order valence-corrected chi connectivity index (χ4v) is 5.80. The van der Waals surface area contributed by atoms with E-state index in [1.54, 1.807) is 6.08 Å². The van der Waals surface area contributed by atoms with E-state index in [1.165, 1.54) is 96.3 Å². The van der Waals surface area contributed by atoms with Crippen LogP contribution >= 0.6 is 0 Å². The molecule has 0 bridgehead atoms. The molecule has 1 aliphatic heterocycles. The Morgan fingerprint density at radius 2 is 1.22 bits per heavy atom. The van der Waals surface area contributed by atoms with Crippen LogP contribution in [0.15, 0.2) is 12.2 Å². The SMILES string of the molecule is CCCCCCCCCC/C=C/[C@@H](O)[C@H](CO[C@@H]1O[C@H](CO)[C@@H](O)C(O)C1O)NC(=O)CCCCCCCCCCCCCC. The van der Waals surface area contributed by atoms with Crippen molar-refractivity contribution in [3.8, 4) is 0 Å². The van der Waals surface area contributed by atoms with Crippen LogP contribution in [0.25, 0.3) is 0 Å². The Balaban J connectivity index is 2.48. The van der Waals surface area contributed by atoms with Crippen LogP contribution < -0.4 is 5.32 Å². The van der Waals surface area contributed by atoms with Crippen molar-refractivity contribution < 1.29 is 39.8 Å². The molecule has 0 saturated carbocycles. The molecular formula is C36H69NO8. The van der Waals surface area contributed by atoms with Gasteiger partial charge in [0.1, 0.15) is 24.4 Å². The lowest BCUT2D eigenvalue weighted by atomic mass is 9.99. The number of rotatable bonds is 29. The number of allylic oxidation sites excluding steroid dienone is 1. The Morgan fingerprint density at radius 3 is 1.73 bits per heavy atom. The molecule has 1 fully saturated rings. The van der Waals surface area contributed by atoms with E-state index in [0.717, 1.165) is 38.5 Å². The lowest BCUT2D eigenvalue weighted by molar-refractivity contribution is -0.302. The molecule has 1 heterocycles. The number of ether oxygens (including phenoxy) is 2. The number of aliphatic hydroxyl groups is 5. The third-order valence-corrected chi connectivity index (χ3v) is 8.86. The van der Waals surface area contributed by atoms with Gasteiger partial charge in [-0.3, -0.25) is 4.79 Å². The van der Waals surface area contributed by atoms with Crippen LogP contribution in [0.4, 0.5) is 0 Å². The van der Waals surface area contributed by atoms with E-state index in [2.05, 4.69) is 19.2 Å². The minimum atomic E-state index is -1.56. The number of hydrogen-bond acceptors (Lipinski definition) is 8. The van der Waals surface area contributed by atoms with Crippen molar-refractivity contribution in [1.82, 2.24) is 5.32 Å². The van der Waals surface area contributed by atoms with Gasteiger partial charge in [0.15, 0.2) is 6.29 Å². The number of carbonyl (C=O) groups is 1. The standard InChI is InChI=1S/C36H69NO8/c1-3-5-7-9-11-13-15-16-18-20-22-24-26-32(40)37-29(28-44-36-35(43)34(42)33(41)31(27-38)45-36)30(39)25-23-21-19-17-14-12-10-8-6-4-2/h23,25,29-31,33-36,38-39,41-43H,3-22,24,26-28H2,1-2H3,(H,37,40)/b25-23+/t29-,30+,31+,33+,34?,35?,36+/m0/s1. The van der Waals surface area contributed by atoms with E-state index in [-0.39, 0.29) is 12.5 Å². The lowest BCUT2D eigenvalue weighted by Crippen LogP contribution is -2.60. The van der Waals surface area contributed by atoms with Gasteiger partial charge in [0.2, 0.25) is 5.91 Å². The summed E-state index contributed by atoms with van der Waals surface area (Å²) in [6, 6.07) is -0.794. The molecule has 0 aromatic carbocycles. The first-order valence-corrected chi connectivity index (χ1v) is 18.4. The van der Waals surface area contributed by atoms with Crippen molar-refractivity contribution in [1.29, 1.82) is 0 Å². The van der Waals surface area contributed by atoms with Crippen molar-refractivity contribution in [2.75, 3.05) is 13.2 Å². The summed E-state index contributed by atoms with van der Waals surface area (Å²) < 4.78 is 11.1. The topological polar surface area (TPSA) is 149 Å². The summed E-state index contributed by atoms with van der Waals surface area (Å²) in [6.45, 7) is 3.72. The van der Waals surface area contributed by atoms with Gasteiger partial charge >= 0.3 is 0 Å². The highest BCUT2D eigenvalue weighted by Crippen LogP contribution is 2.22. The number of aliphatic hydroxyl groups excluding tert-OH is 5. The zero-order valence-electron chi connectivity index (χ0n) is 28.6. The molecular weight excluding hydrogens is 574 g/mol. The maximum atomic E-state index is 12.8. The van der Waals surface area contributed by atoms with Crippen LogP contribution in [0, 0.1) is 0 Å². The predicted molar refractivity (Wildman–Crippen MR) is 180 cm³/mol. The highest BCUT2D eigenvalue weighted by atomic mass is 16.7. The van der Waals surface area contributed by atoms with Crippen molar-refractivity contribution in [2.24, 2.45) is 0 Å². The third-order valence-electron chi connectivity index (χ3n) is 8.86. The normalized spacial score (nSPS) is 23.4. The van der Waals surface area contributed by atoms with E-state index < -0.39 is 49.5 Å². The van der Waals surface area contributed by atoms with Gasteiger partial charge in [0.05, 0.1) is 25.4 Å². The number of unbranched alkanes of at least 4 members (excludes halogenated alkanes) is 19. The average Bonchev–Trinajstić information content (AvgIpc) is 3.04. The Labute approximate surface area is 274 Å². The molecule has 6 N–H and O–H groups in total. The van der Waals surface area contributed by atoms with Crippen molar-refractivity contribution in [3.05, 3.63) is 12.2 Å². The molecule has 7 atom stereocenters. The number of amides is 1. The van der Waals surface area contributed by atoms with Crippen LogP contribution in [0.2, 0.25) is 0 Å². The second-order valence-electron chi connectivity index (χ2n) is 13.0. The second-order valence-corrected chi connectivity index (χ2v) is 13.0. The smallest absolute Gasteiger partial charge is 0.220 e. The molecule has 0 spiro atoms. The summed E-state index contributed by atoms with van der Waals surface area (Å²) in [6.07, 6.45) is 21.1. The van der Waals surface area contributed by atoms with Crippen molar-refractivity contribution in [2.45, 2.75) is 198 Å². The molecule has 0 radical (unpaired) electrons. The monoisotopic (exact) mass is 644 g/mol. The van der Waals surface area contributed by atoms with Gasteiger partial charge in [-0.15, -0.1) is 0 Å². The summed E-state index contributed by atoms with van der Waals surface area (Å²) in [5, 5.41) is 53.7. The first kappa shape index (κ1) is 42.0. The largest absolute Gasteiger partial charge is 0.394 e. The van der Waals surface area contributed by atoms with Crippen LogP contribution in [0.1, 0.15) is 155 Å². The Morgan fingerprint density at radius 1 is 0.733 bits per heavy atom. The summed E-state index contributed by atoms with van der Waals surface area (Å²) in [5.74, 6) is -0.181. The van der Waals surface area contributed by atoms with Crippen LogP contribution in [-0.4, -0.2) is 87.5 Å². The first-order valence-electron chi connectivity index (χ1n) is 18.4. The fourth-order valence-electron chi connectivity index (χ4n) is 5.80. The molecule has 1 saturated heterocycles. The fraction of sp³-hybridized carbons (Fsp3) is 0.917. The van der Waals surface area contributed by atoms with Crippen LogP contribution in [0.3, 0.4) is 0 Å². The molecule has 266 valence electrons. The quantitative estimate of drug-likeness (QED) is 0.0441. The van der Waals surface area contributed by atoms with Crippen molar-refractivity contribution in [3.63, 3.8) is 0 Å². The van der Waals surface area contributed by atoms with Gasteiger partial charge in [-0.1, -0.05) is 142 Å². The number of hydrogen-bond donors (Lipinski definition) is 6. The average molecular weight is 644 g/mol. The van der Waals surface area contributed by atoms with Crippen LogP contribution in [-0.2, 0) is 14.3 Å². The minimum absolute atomic E-state index is 0.181. The van der Waals surface area contributed by atoms with Gasteiger partial charge in [0, 0.05) is 6.42 Å². The van der Waals surface area contributed by atoms with Gasteiger partial charge in [-0.05, 0) is 19.3 Å². The lowest BCUT2D eigenvalue weighted by Gasteiger charge is -2.40. The molecule has 0 aromatic rings. The summed E-state index contributed by atoms with van der Waals surface area (Å²) in [4.78, 5) is 12.8. The molecule has 1 aliphatic rings. The zero-order valence-corrected chi connectivity index (χ0v) is 28.6. The minimum Gasteiger partial charge on any atom is -0.394 e. The van der Waals surface area contributed by atoms with E-state index in [1.807, 2.05) is 6.08 Å². The Bertz CT molecular complexity index is 721. The van der Waals surface area contributed by atoms with E-state index in [4.69, 9.17) is 9.47 Å². The maximum absolute atomic E-state index is 12.8. The van der Waals surface area contributed by atoms with Gasteiger partial charge in [-0.25, -0.2) is 0 Å². The van der Waals surface area contributed by atoms with Gasteiger partial charge in [0.25, 0.3) is 0 Å². The molecule has 45 heavy (non-hydrogen) atoms. The summed E-state index contributed by atoms with van der Waals surface area (Å²) in [7, 11) is 0. The maximum Gasteiger partial charge on any atom is 0.220 e. The molecule has 9 heteroatoms.